The molecule has 0 aliphatic carbocycles. The molecule has 2 heterocycles. The van der Waals surface area contributed by atoms with Gasteiger partial charge in [0.2, 0.25) is 15.9 Å². The Morgan fingerprint density at radius 1 is 1.10 bits per heavy atom. The van der Waals surface area contributed by atoms with Crippen molar-refractivity contribution in [2.45, 2.75) is 25.7 Å². The van der Waals surface area contributed by atoms with Gasteiger partial charge in [-0.3, -0.25) is 9.59 Å². The van der Waals surface area contributed by atoms with Crippen LogP contribution in [0.3, 0.4) is 0 Å². The Kier molecular flexibility index (Phi) is 6.89. The molecule has 2 fully saturated rings. The highest BCUT2D eigenvalue weighted by atomic mass is 32.2. The zero-order valence-corrected chi connectivity index (χ0v) is 17.5. The van der Waals surface area contributed by atoms with Gasteiger partial charge in [-0.15, -0.1) is 0 Å². The van der Waals surface area contributed by atoms with E-state index in [0.29, 0.717) is 38.3 Å². The molecule has 7 nitrogen and oxygen atoms in total. The second kappa shape index (κ2) is 9.21. The zero-order chi connectivity index (χ0) is 21.0. The Morgan fingerprint density at radius 2 is 1.76 bits per heavy atom. The molecule has 0 saturated carbocycles. The number of hydrogen-bond donors (Lipinski definition) is 1. The summed E-state index contributed by atoms with van der Waals surface area (Å²) in [5, 5.41) is 2.99. The lowest BCUT2D eigenvalue weighted by molar-refractivity contribution is -0.126. The number of carbonyl (C=O) groups excluding carboxylic acids is 2. The minimum absolute atomic E-state index is 0.0628. The van der Waals surface area contributed by atoms with Gasteiger partial charge in [0.25, 0.3) is 5.91 Å². The predicted molar refractivity (Wildman–Crippen MR) is 107 cm³/mol. The highest BCUT2D eigenvalue weighted by molar-refractivity contribution is 7.88. The number of rotatable bonds is 5. The normalized spacial score (nSPS) is 21.7. The summed E-state index contributed by atoms with van der Waals surface area (Å²) in [6.07, 6.45) is 4.15. The van der Waals surface area contributed by atoms with Crippen LogP contribution in [0.5, 0.6) is 0 Å². The molecule has 1 aromatic rings. The van der Waals surface area contributed by atoms with Crippen LogP contribution in [0.4, 0.5) is 4.39 Å². The number of hydrogen-bond acceptors (Lipinski definition) is 4. The predicted octanol–water partition coefficient (Wildman–Crippen LogP) is 1.47. The van der Waals surface area contributed by atoms with E-state index in [1.54, 1.807) is 4.90 Å². The maximum absolute atomic E-state index is 13.1. The third-order valence-corrected chi connectivity index (χ3v) is 7.08. The molecule has 0 radical (unpaired) electrons. The SMILES string of the molecule is CS(=O)(=O)N1CCC(CNC(=O)C2CCCN(C(=O)c3ccc(F)cc3)C2)CC1. The maximum atomic E-state index is 13.1. The van der Waals surface area contributed by atoms with E-state index in [2.05, 4.69) is 5.32 Å². The number of amides is 2. The molecule has 2 saturated heterocycles. The van der Waals surface area contributed by atoms with E-state index in [9.17, 15) is 22.4 Å². The van der Waals surface area contributed by atoms with E-state index in [-0.39, 0.29) is 29.5 Å². The average molecular weight is 426 g/mol. The molecule has 1 aromatic carbocycles. The summed E-state index contributed by atoms with van der Waals surface area (Å²) in [4.78, 5) is 26.9. The lowest BCUT2D eigenvalue weighted by atomic mass is 9.95. The molecule has 29 heavy (non-hydrogen) atoms. The van der Waals surface area contributed by atoms with E-state index >= 15 is 0 Å². The number of nitrogens with zero attached hydrogens (tertiary/aromatic N) is 2. The molecule has 160 valence electrons. The molecule has 2 aliphatic heterocycles. The molecular weight excluding hydrogens is 397 g/mol. The Morgan fingerprint density at radius 3 is 2.38 bits per heavy atom. The number of halogens is 1. The topological polar surface area (TPSA) is 86.8 Å². The number of piperidine rings is 2. The Labute approximate surface area is 171 Å². The third kappa shape index (κ3) is 5.76. The number of benzene rings is 1. The Balaban J connectivity index is 1.47. The molecule has 9 heteroatoms. The van der Waals surface area contributed by atoms with Crippen molar-refractivity contribution in [1.29, 1.82) is 0 Å². The number of nitrogens with one attached hydrogen (secondary N) is 1. The van der Waals surface area contributed by atoms with Gasteiger partial charge in [-0.25, -0.2) is 17.1 Å². The third-order valence-electron chi connectivity index (χ3n) is 5.78. The van der Waals surface area contributed by atoms with Crippen molar-refractivity contribution < 1.29 is 22.4 Å². The summed E-state index contributed by atoms with van der Waals surface area (Å²) in [5.41, 5.74) is 0.421. The fourth-order valence-corrected chi connectivity index (χ4v) is 4.86. The first-order valence-electron chi connectivity index (χ1n) is 10.0. The molecule has 3 rings (SSSR count). The number of likely N-dealkylation sites (tertiary alicyclic amines) is 1. The highest BCUT2D eigenvalue weighted by Gasteiger charge is 2.30. The lowest BCUT2D eigenvalue weighted by Gasteiger charge is -2.33. The van der Waals surface area contributed by atoms with Gasteiger partial charge in [0.05, 0.1) is 12.2 Å². The van der Waals surface area contributed by atoms with Crippen LogP contribution in [0.25, 0.3) is 0 Å². The van der Waals surface area contributed by atoms with E-state index in [1.165, 1.54) is 34.8 Å². The first-order valence-corrected chi connectivity index (χ1v) is 11.9. The van der Waals surface area contributed by atoms with E-state index in [4.69, 9.17) is 0 Å². The smallest absolute Gasteiger partial charge is 0.253 e. The summed E-state index contributed by atoms with van der Waals surface area (Å²) < 4.78 is 37.7. The molecule has 2 amide bonds. The molecular formula is C20H28FN3O4S. The molecule has 0 aromatic heterocycles. The van der Waals surface area contributed by atoms with Gasteiger partial charge in [-0.2, -0.15) is 0 Å². The van der Waals surface area contributed by atoms with Crippen LogP contribution in [0, 0.1) is 17.7 Å². The van der Waals surface area contributed by atoms with Crippen LogP contribution >= 0.6 is 0 Å². The Bertz CT molecular complexity index is 836. The highest BCUT2D eigenvalue weighted by Crippen LogP contribution is 2.21. The monoisotopic (exact) mass is 425 g/mol. The first kappa shape index (κ1) is 21.7. The molecule has 2 aliphatic rings. The molecule has 1 atom stereocenters. The largest absolute Gasteiger partial charge is 0.356 e. The minimum Gasteiger partial charge on any atom is -0.356 e. The fraction of sp³-hybridized carbons (Fsp3) is 0.600. The second-order valence-corrected chi connectivity index (χ2v) is 9.93. The van der Waals surface area contributed by atoms with Crippen molar-refractivity contribution in [2.24, 2.45) is 11.8 Å². The quantitative estimate of drug-likeness (QED) is 0.774. The van der Waals surface area contributed by atoms with Crippen molar-refractivity contribution in [3.8, 4) is 0 Å². The van der Waals surface area contributed by atoms with E-state index in [1.807, 2.05) is 0 Å². The van der Waals surface area contributed by atoms with Gasteiger partial charge >= 0.3 is 0 Å². The van der Waals surface area contributed by atoms with Crippen LogP contribution in [0.15, 0.2) is 24.3 Å². The van der Waals surface area contributed by atoms with Crippen molar-refractivity contribution >= 4 is 21.8 Å². The number of sulfonamides is 1. The van der Waals surface area contributed by atoms with Crippen molar-refractivity contribution in [2.75, 3.05) is 39.0 Å². The molecule has 1 unspecified atom stereocenters. The van der Waals surface area contributed by atoms with Gasteiger partial charge in [-0.05, 0) is 55.9 Å². The maximum Gasteiger partial charge on any atom is 0.253 e. The second-order valence-electron chi connectivity index (χ2n) is 7.95. The summed E-state index contributed by atoms with van der Waals surface area (Å²) >= 11 is 0. The van der Waals surface area contributed by atoms with E-state index < -0.39 is 10.0 Å². The molecule has 0 bridgehead atoms. The summed E-state index contributed by atoms with van der Waals surface area (Å²) in [7, 11) is -3.15. The lowest BCUT2D eigenvalue weighted by Crippen LogP contribution is -2.47. The van der Waals surface area contributed by atoms with Gasteiger partial charge < -0.3 is 10.2 Å². The van der Waals surface area contributed by atoms with Gasteiger partial charge in [0.15, 0.2) is 0 Å². The van der Waals surface area contributed by atoms with Crippen molar-refractivity contribution in [3.63, 3.8) is 0 Å². The van der Waals surface area contributed by atoms with Crippen LogP contribution in [-0.4, -0.2) is 68.4 Å². The fourth-order valence-electron chi connectivity index (χ4n) is 3.98. The summed E-state index contributed by atoms with van der Waals surface area (Å²) in [6, 6.07) is 5.45. The van der Waals surface area contributed by atoms with Crippen LogP contribution in [0.2, 0.25) is 0 Å². The Hall–Kier alpha value is -2.00. The van der Waals surface area contributed by atoms with Gasteiger partial charge in [0.1, 0.15) is 5.82 Å². The molecule has 1 N–H and O–H groups in total. The average Bonchev–Trinajstić information content (AvgIpc) is 2.72. The zero-order valence-electron chi connectivity index (χ0n) is 16.6. The van der Waals surface area contributed by atoms with E-state index in [0.717, 1.165) is 25.7 Å². The minimum atomic E-state index is -3.15. The van der Waals surface area contributed by atoms with Crippen LogP contribution in [0.1, 0.15) is 36.0 Å². The van der Waals surface area contributed by atoms with Crippen LogP contribution in [-0.2, 0) is 14.8 Å². The van der Waals surface area contributed by atoms with Gasteiger partial charge in [0, 0.05) is 38.3 Å². The molecule has 0 spiro atoms. The summed E-state index contributed by atoms with van der Waals surface area (Å²) in [6.45, 7) is 2.45. The standard InChI is InChI=1S/C20H28FN3O4S/c1-29(27,28)24-11-8-15(9-12-24)13-22-19(25)17-3-2-10-23(14-17)20(26)16-4-6-18(21)7-5-16/h4-7,15,17H,2-3,8-14H2,1H3,(H,22,25). The van der Waals surface area contributed by atoms with Crippen molar-refractivity contribution in [1.82, 2.24) is 14.5 Å². The first-order chi connectivity index (χ1) is 13.7. The number of carbonyl (C=O) groups is 2. The van der Waals surface area contributed by atoms with Gasteiger partial charge in [-0.1, -0.05) is 0 Å². The van der Waals surface area contributed by atoms with Crippen LogP contribution < -0.4 is 5.32 Å². The summed E-state index contributed by atoms with van der Waals surface area (Å²) in [5.74, 6) is -0.635. The van der Waals surface area contributed by atoms with Crippen molar-refractivity contribution in [3.05, 3.63) is 35.6 Å².